The summed E-state index contributed by atoms with van der Waals surface area (Å²) in [6.07, 6.45) is 0.118. The first-order valence-electron chi connectivity index (χ1n) is 4.34. The van der Waals surface area contributed by atoms with Crippen LogP contribution in [0.15, 0.2) is 24.3 Å². The van der Waals surface area contributed by atoms with Crippen molar-refractivity contribution in [3.8, 4) is 5.75 Å². The second kappa shape index (κ2) is 4.99. The number of imide groups is 1. The van der Waals surface area contributed by atoms with Crippen molar-refractivity contribution >= 4 is 11.9 Å². The fourth-order valence-corrected chi connectivity index (χ4v) is 1.11. The zero-order valence-corrected chi connectivity index (χ0v) is 8.32. The van der Waals surface area contributed by atoms with E-state index in [9.17, 15) is 9.59 Å². The van der Waals surface area contributed by atoms with Crippen LogP contribution in [0, 0.1) is 0 Å². The standard InChI is InChI=1S/C10H12N2O3/c1-15-8-4-2-7(3-5-8)6-9(13)12-10(11)14/h2-5H,6H2,1H3,(H3,11,12,13,14). The van der Waals surface area contributed by atoms with Crippen LogP contribution in [0.2, 0.25) is 0 Å². The monoisotopic (exact) mass is 208 g/mol. The molecule has 1 aromatic rings. The zero-order valence-electron chi connectivity index (χ0n) is 8.32. The molecular weight excluding hydrogens is 196 g/mol. The maximum absolute atomic E-state index is 11.1. The van der Waals surface area contributed by atoms with Crippen molar-refractivity contribution < 1.29 is 14.3 Å². The van der Waals surface area contributed by atoms with Crippen LogP contribution in [0.4, 0.5) is 4.79 Å². The van der Waals surface area contributed by atoms with Crippen LogP contribution in [0.3, 0.4) is 0 Å². The number of nitrogens with one attached hydrogen (secondary N) is 1. The van der Waals surface area contributed by atoms with E-state index in [-0.39, 0.29) is 6.42 Å². The lowest BCUT2D eigenvalue weighted by Gasteiger charge is -2.03. The number of urea groups is 1. The second-order valence-corrected chi connectivity index (χ2v) is 2.94. The molecule has 0 unspecified atom stereocenters. The Morgan fingerprint density at radius 1 is 1.33 bits per heavy atom. The molecule has 0 aliphatic rings. The van der Waals surface area contributed by atoms with Gasteiger partial charge >= 0.3 is 6.03 Å². The van der Waals surface area contributed by atoms with E-state index < -0.39 is 11.9 Å². The van der Waals surface area contributed by atoms with Crippen LogP contribution in [-0.4, -0.2) is 19.0 Å². The first kappa shape index (κ1) is 11.0. The van der Waals surface area contributed by atoms with Gasteiger partial charge in [0.15, 0.2) is 0 Å². The lowest BCUT2D eigenvalue weighted by Crippen LogP contribution is -2.35. The smallest absolute Gasteiger partial charge is 0.318 e. The van der Waals surface area contributed by atoms with E-state index in [1.165, 1.54) is 0 Å². The van der Waals surface area contributed by atoms with Gasteiger partial charge < -0.3 is 10.5 Å². The lowest BCUT2D eigenvalue weighted by atomic mass is 10.1. The fourth-order valence-electron chi connectivity index (χ4n) is 1.11. The summed E-state index contributed by atoms with van der Waals surface area (Å²) >= 11 is 0. The minimum Gasteiger partial charge on any atom is -0.497 e. The molecule has 5 heteroatoms. The minimum absolute atomic E-state index is 0.118. The van der Waals surface area contributed by atoms with Gasteiger partial charge in [0.05, 0.1) is 13.5 Å². The first-order valence-corrected chi connectivity index (χ1v) is 4.34. The highest BCUT2D eigenvalue weighted by Crippen LogP contribution is 2.11. The van der Waals surface area contributed by atoms with Gasteiger partial charge in [-0.2, -0.15) is 0 Å². The van der Waals surface area contributed by atoms with Crippen molar-refractivity contribution in [1.82, 2.24) is 5.32 Å². The Labute approximate surface area is 87.2 Å². The van der Waals surface area contributed by atoms with E-state index in [0.29, 0.717) is 5.75 Å². The number of benzene rings is 1. The summed E-state index contributed by atoms with van der Waals surface area (Å²) in [4.78, 5) is 21.5. The van der Waals surface area contributed by atoms with E-state index in [4.69, 9.17) is 10.5 Å². The summed E-state index contributed by atoms with van der Waals surface area (Å²) in [5, 5.41) is 1.99. The van der Waals surface area contributed by atoms with E-state index in [0.717, 1.165) is 5.56 Å². The molecule has 0 atom stereocenters. The first-order chi connectivity index (χ1) is 7.11. The normalized spacial score (nSPS) is 9.40. The maximum Gasteiger partial charge on any atom is 0.318 e. The van der Waals surface area contributed by atoms with Gasteiger partial charge in [0.25, 0.3) is 0 Å². The molecule has 0 bridgehead atoms. The Kier molecular flexibility index (Phi) is 3.68. The van der Waals surface area contributed by atoms with Crippen molar-refractivity contribution in [2.24, 2.45) is 5.73 Å². The summed E-state index contributed by atoms with van der Waals surface area (Å²) in [6, 6.07) is 6.15. The summed E-state index contributed by atoms with van der Waals surface area (Å²) in [6.45, 7) is 0. The molecule has 0 aliphatic carbocycles. The van der Waals surface area contributed by atoms with Crippen molar-refractivity contribution in [2.75, 3.05) is 7.11 Å². The molecule has 0 heterocycles. The number of carbonyl (C=O) groups is 2. The Hall–Kier alpha value is -2.04. The van der Waals surface area contributed by atoms with Gasteiger partial charge in [-0.25, -0.2) is 4.79 Å². The SMILES string of the molecule is COc1ccc(CC(=O)NC(N)=O)cc1. The number of nitrogens with two attached hydrogens (primary N) is 1. The molecule has 15 heavy (non-hydrogen) atoms. The molecule has 1 rings (SSSR count). The molecule has 0 saturated heterocycles. The van der Waals surface area contributed by atoms with Crippen molar-refractivity contribution in [1.29, 1.82) is 0 Å². The molecule has 1 aromatic carbocycles. The molecule has 0 aliphatic heterocycles. The van der Waals surface area contributed by atoms with Crippen LogP contribution in [-0.2, 0) is 11.2 Å². The van der Waals surface area contributed by atoms with Gasteiger partial charge in [0, 0.05) is 0 Å². The predicted molar refractivity (Wildman–Crippen MR) is 54.4 cm³/mol. The highest BCUT2D eigenvalue weighted by molar-refractivity contribution is 5.94. The quantitative estimate of drug-likeness (QED) is 0.755. The topological polar surface area (TPSA) is 81.4 Å². The van der Waals surface area contributed by atoms with Gasteiger partial charge in [0.2, 0.25) is 5.91 Å². The Balaban J connectivity index is 2.57. The van der Waals surface area contributed by atoms with Gasteiger partial charge in [-0.15, -0.1) is 0 Å². The highest BCUT2D eigenvalue weighted by atomic mass is 16.5. The predicted octanol–water partition coefficient (Wildman–Crippen LogP) is 0.433. The zero-order chi connectivity index (χ0) is 11.3. The number of hydrogen-bond donors (Lipinski definition) is 2. The lowest BCUT2D eigenvalue weighted by molar-refractivity contribution is -0.119. The van der Waals surface area contributed by atoms with Gasteiger partial charge in [-0.05, 0) is 17.7 Å². The molecular formula is C10H12N2O3. The maximum atomic E-state index is 11.1. The molecule has 0 spiro atoms. The fraction of sp³-hybridized carbons (Fsp3) is 0.200. The molecule has 0 fully saturated rings. The summed E-state index contributed by atoms with van der Waals surface area (Å²) in [5.41, 5.74) is 5.59. The summed E-state index contributed by atoms with van der Waals surface area (Å²) < 4.78 is 4.96. The number of rotatable bonds is 3. The Morgan fingerprint density at radius 3 is 2.40 bits per heavy atom. The molecule has 5 nitrogen and oxygen atoms in total. The number of hydrogen-bond acceptors (Lipinski definition) is 3. The summed E-state index contributed by atoms with van der Waals surface area (Å²) in [7, 11) is 1.56. The molecule has 80 valence electrons. The average Bonchev–Trinajstić information content (AvgIpc) is 2.17. The molecule has 3 N–H and O–H groups in total. The molecule has 3 amide bonds. The second-order valence-electron chi connectivity index (χ2n) is 2.94. The Bertz CT molecular complexity index is 359. The third-order valence-electron chi connectivity index (χ3n) is 1.79. The number of amides is 3. The molecule has 0 saturated carbocycles. The van der Waals surface area contributed by atoms with Crippen molar-refractivity contribution in [3.05, 3.63) is 29.8 Å². The van der Waals surface area contributed by atoms with Gasteiger partial charge in [0.1, 0.15) is 5.75 Å². The minimum atomic E-state index is -0.839. The van der Waals surface area contributed by atoms with Crippen LogP contribution in [0.5, 0.6) is 5.75 Å². The van der Waals surface area contributed by atoms with Gasteiger partial charge in [-0.3, -0.25) is 10.1 Å². The van der Waals surface area contributed by atoms with Crippen LogP contribution >= 0.6 is 0 Å². The average molecular weight is 208 g/mol. The third-order valence-corrected chi connectivity index (χ3v) is 1.79. The van der Waals surface area contributed by atoms with E-state index in [2.05, 4.69) is 0 Å². The van der Waals surface area contributed by atoms with Crippen LogP contribution < -0.4 is 15.8 Å². The van der Waals surface area contributed by atoms with Crippen LogP contribution in [0.25, 0.3) is 0 Å². The van der Waals surface area contributed by atoms with Crippen molar-refractivity contribution in [3.63, 3.8) is 0 Å². The number of methoxy groups -OCH3 is 1. The molecule has 0 aromatic heterocycles. The Morgan fingerprint density at radius 2 is 1.93 bits per heavy atom. The molecule has 0 radical (unpaired) electrons. The van der Waals surface area contributed by atoms with Crippen LogP contribution in [0.1, 0.15) is 5.56 Å². The number of primary amides is 1. The largest absolute Gasteiger partial charge is 0.497 e. The van der Waals surface area contributed by atoms with Gasteiger partial charge in [-0.1, -0.05) is 12.1 Å². The number of carbonyl (C=O) groups excluding carboxylic acids is 2. The van der Waals surface area contributed by atoms with E-state index in [1.807, 2.05) is 5.32 Å². The van der Waals surface area contributed by atoms with Crippen molar-refractivity contribution in [2.45, 2.75) is 6.42 Å². The highest BCUT2D eigenvalue weighted by Gasteiger charge is 2.05. The number of ether oxygens (including phenoxy) is 1. The van der Waals surface area contributed by atoms with E-state index >= 15 is 0 Å². The summed E-state index contributed by atoms with van der Waals surface area (Å²) in [5.74, 6) is 0.293. The van der Waals surface area contributed by atoms with E-state index in [1.54, 1.807) is 31.4 Å². The third kappa shape index (κ3) is 3.68.